The van der Waals surface area contributed by atoms with Crippen molar-refractivity contribution in [3.63, 3.8) is 0 Å². The number of hydrogen-bond acceptors (Lipinski definition) is 6. The van der Waals surface area contributed by atoms with Crippen LogP contribution in [0.15, 0.2) is 41.9 Å². The van der Waals surface area contributed by atoms with E-state index in [-0.39, 0.29) is 17.7 Å². The maximum atomic E-state index is 12.8. The molecular weight excluding hydrogens is 410 g/mol. The number of carbonyl (C=O) groups is 2. The van der Waals surface area contributed by atoms with E-state index in [0.29, 0.717) is 36.6 Å². The van der Waals surface area contributed by atoms with Crippen molar-refractivity contribution in [3.8, 4) is 10.6 Å². The highest BCUT2D eigenvalue weighted by atomic mass is 32.1. The molecule has 2 aromatic heterocycles. The maximum Gasteiger partial charge on any atom is 0.256 e. The van der Waals surface area contributed by atoms with E-state index < -0.39 is 0 Å². The van der Waals surface area contributed by atoms with Crippen LogP contribution < -0.4 is 0 Å². The molecule has 1 aliphatic rings. The van der Waals surface area contributed by atoms with Gasteiger partial charge in [-0.05, 0) is 13.3 Å². The smallest absolute Gasteiger partial charge is 0.256 e. The molecular formula is C23H25N5O2S. The minimum Gasteiger partial charge on any atom is -0.345 e. The summed E-state index contributed by atoms with van der Waals surface area (Å²) in [5.41, 5.74) is 3.05. The molecule has 1 saturated heterocycles. The van der Waals surface area contributed by atoms with Gasteiger partial charge in [-0.2, -0.15) is 0 Å². The molecule has 3 aromatic rings. The first-order valence-electron chi connectivity index (χ1n) is 10.2. The molecule has 1 aliphatic heterocycles. The number of aromatic nitrogens is 3. The second-order valence-corrected chi connectivity index (χ2v) is 8.80. The fourth-order valence-electron chi connectivity index (χ4n) is 3.70. The molecule has 8 heteroatoms. The average Bonchev–Trinajstić information content (AvgIpc) is 3.44. The zero-order chi connectivity index (χ0) is 22.0. The first kappa shape index (κ1) is 21.1. The van der Waals surface area contributed by atoms with Gasteiger partial charge in [0.2, 0.25) is 5.91 Å². The summed E-state index contributed by atoms with van der Waals surface area (Å²) in [6.07, 6.45) is 2.72. The first-order chi connectivity index (χ1) is 14.9. The Kier molecular flexibility index (Phi) is 6.08. The molecule has 0 radical (unpaired) electrons. The fraction of sp³-hybridized carbons (Fsp3) is 0.348. The number of aryl methyl sites for hydroxylation is 1. The minimum absolute atomic E-state index is 0.0727. The van der Waals surface area contributed by atoms with E-state index in [0.717, 1.165) is 22.7 Å². The largest absolute Gasteiger partial charge is 0.345 e. The summed E-state index contributed by atoms with van der Waals surface area (Å²) in [5, 5.41) is 2.89. The molecule has 3 heterocycles. The summed E-state index contributed by atoms with van der Waals surface area (Å²) in [4.78, 5) is 42.0. The van der Waals surface area contributed by atoms with Crippen LogP contribution in [0.3, 0.4) is 0 Å². The summed E-state index contributed by atoms with van der Waals surface area (Å²) in [5.74, 6) is 0.749. The predicted molar refractivity (Wildman–Crippen MR) is 120 cm³/mol. The number of thiazole rings is 1. The monoisotopic (exact) mass is 435 g/mol. The van der Waals surface area contributed by atoms with E-state index in [1.807, 2.05) is 47.5 Å². The van der Waals surface area contributed by atoms with Crippen molar-refractivity contribution in [2.75, 3.05) is 27.2 Å². The second-order valence-electron chi connectivity index (χ2n) is 7.94. The summed E-state index contributed by atoms with van der Waals surface area (Å²) in [7, 11) is 3.42. The summed E-state index contributed by atoms with van der Waals surface area (Å²) in [6.45, 7) is 3.10. The molecule has 1 aromatic carbocycles. The SMILES string of the molecule is Cc1nc([C@@H]2CCN(C(=O)Cc3csc(-c4ccccc4)n3)C2)ncc1C(=O)N(C)C. The lowest BCUT2D eigenvalue weighted by Gasteiger charge is -2.16. The number of amides is 2. The van der Waals surface area contributed by atoms with Crippen molar-refractivity contribution in [2.45, 2.75) is 25.7 Å². The van der Waals surface area contributed by atoms with Crippen molar-refractivity contribution < 1.29 is 9.59 Å². The van der Waals surface area contributed by atoms with E-state index >= 15 is 0 Å². The normalized spacial score (nSPS) is 15.8. The van der Waals surface area contributed by atoms with Gasteiger partial charge in [0, 0.05) is 50.2 Å². The lowest BCUT2D eigenvalue weighted by Crippen LogP contribution is -2.30. The van der Waals surface area contributed by atoms with Gasteiger partial charge in [0.15, 0.2) is 0 Å². The number of likely N-dealkylation sites (tertiary alicyclic amines) is 1. The third-order valence-electron chi connectivity index (χ3n) is 5.45. The Morgan fingerprint density at radius 2 is 1.97 bits per heavy atom. The molecule has 0 bridgehead atoms. The molecule has 0 unspecified atom stereocenters. The number of rotatable bonds is 5. The van der Waals surface area contributed by atoms with Crippen LogP contribution in [-0.2, 0) is 11.2 Å². The predicted octanol–water partition coefficient (Wildman–Crippen LogP) is 3.17. The first-order valence-corrected chi connectivity index (χ1v) is 11.1. The van der Waals surface area contributed by atoms with Gasteiger partial charge in [-0.3, -0.25) is 9.59 Å². The average molecular weight is 436 g/mol. The van der Waals surface area contributed by atoms with Gasteiger partial charge in [-0.1, -0.05) is 30.3 Å². The molecule has 7 nitrogen and oxygen atoms in total. The fourth-order valence-corrected chi connectivity index (χ4v) is 4.52. The van der Waals surface area contributed by atoms with E-state index in [4.69, 9.17) is 0 Å². The number of benzene rings is 1. The highest BCUT2D eigenvalue weighted by Gasteiger charge is 2.30. The van der Waals surface area contributed by atoms with Gasteiger partial charge < -0.3 is 9.80 Å². The van der Waals surface area contributed by atoms with Crippen LogP contribution >= 0.6 is 11.3 Å². The third-order valence-corrected chi connectivity index (χ3v) is 6.39. The van der Waals surface area contributed by atoms with Crippen LogP contribution in [0.25, 0.3) is 10.6 Å². The Morgan fingerprint density at radius 3 is 2.68 bits per heavy atom. The van der Waals surface area contributed by atoms with E-state index in [2.05, 4.69) is 15.0 Å². The van der Waals surface area contributed by atoms with E-state index in [9.17, 15) is 9.59 Å². The maximum absolute atomic E-state index is 12.8. The highest BCUT2D eigenvalue weighted by Crippen LogP contribution is 2.27. The summed E-state index contributed by atoms with van der Waals surface area (Å²) in [6, 6.07) is 9.99. The quantitative estimate of drug-likeness (QED) is 0.615. The molecule has 1 fully saturated rings. The van der Waals surface area contributed by atoms with Gasteiger partial charge in [-0.25, -0.2) is 15.0 Å². The lowest BCUT2D eigenvalue weighted by atomic mass is 10.1. The molecule has 0 N–H and O–H groups in total. The summed E-state index contributed by atoms with van der Waals surface area (Å²) < 4.78 is 0. The van der Waals surface area contributed by atoms with Gasteiger partial charge in [-0.15, -0.1) is 11.3 Å². The zero-order valence-corrected chi connectivity index (χ0v) is 18.7. The van der Waals surface area contributed by atoms with Crippen molar-refractivity contribution in [3.05, 3.63) is 64.7 Å². The third kappa shape index (κ3) is 4.64. The summed E-state index contributed by atoms with van der Waals surface area (Å²) >= 11 is 1.56. The molecule has 160 valence electrons. The number of hydrogen-bond donors (Lipinski definition) is 0. The van der Waals surface area contributed by atoms with Gasteiger partial charge in [0.25, 0.3) is 5.91 Å². The van der Waals surface area contributed by atoms with Crippen molar-refractivity contribution in [1.82, 2.24) is 24.8 Å². The van der Waals surface area contributed by atoms with Crippen LogP contribution in [0.4, 0.5) is 0 Å². The highest BCUT2D eigenvalue weighted by molar-refractivity contribution is 7.13. The molecule has 1 atom stereocenters. The van der Waals surface area contributed by atoms with Crippen LogP contribution in [0, 0.1) is 6.92 Å². The standard InChI is InChI=1S/C23H25N5O2S/c1-15-19(23(30)27(2)3)12-24-21(25-15)17-9-10-28(13-17)20(29)11-18-14-31-22(26-18)16-7-5-4-6-8-16/h4-8,12,14,17H,9-11,13H2,1-3H3/t17-/m1/s1. The van der Waals surface area contributed by atoms with Crippen LogP contribution in [0.2, 0.25) is 0 Å². The Hall–Kier alpha value is -3.13. The Morgan fingerprint density at radius 1 is 1.19 bits per heavy atom. The molecule has 0 spiro atoms. The number of nitrogens with zero attached hydrogens (tertiary/aromatic N) is 5. The number of carbonyl (C=O) groups excluding carboxylic acids is 2. The molecule has 0 saturated carbocycles. The van der Waals surface area contributed by atoms with Gasteiger partial charge >= 0.3 is 0 Å². The second kappa shape index (κ2) is 8.93. The molecule has 0 aliphatic carbocycles. The Labute approximate surface area is 185 Å². The Balaban J connectivity index is 1.39. The molecule has 4 rings (SSSR count). The van der Waals surface area contributed by atoms with Crippen LogP contribution in [0.5, 0.6) is 0 Å². The van der Waals surface area contributed by atoms with Crippen molar-refractivity contribution >= 4 is 23.2 Å². The van der Waals surface area contributed by atoms with Gasteiger partial charge in [0.1, 0.15) is 10.8 Å². The van der Waals surface area contributed by atoms with E-state index in [1.165, 1.54) is 4.90 Å². The van der Waals surface area contributed by atoms with E-state index in [1.54, 1.807) is 31.6 Å². The van der Waals surface area contributed by atoms with Crippen molar-refractivity contribution in [1.29, 1.82) is 0 Å². The van der Waals surface area contributed by atoms with Gasteiger partial charge in [0.05, 0.1) is 23.4 Å². The van der Waals surface area contributed by atoms with Crippen molar-refractivity contribution in [2.24, 2.45) is 0 Å². The molecule has 31 heavy (non-hydrogen) atoms. The van der Waals surface area contributed by atoms with Crippen LogP contribution in [0.1, 0.15) is 39.9 Å². The zero-order valence-electron chi connectivity index (χ0n) is 17.9. The minimum atomic E-state index is -0.106. The topological polar surface area (TPSA) is 79.3 Å². The Bertz CT molecular complexity index is 1100. The van der Waals surface area contributed by atoms with Crippen LogP contribution in [-0.4, -0.2) is 63.8 Å². The lowest BCUT2D eigenvalue weighted by molar-refractivity contribution is -0.129. The molecule has 2 amide bonds.